The Kier molecular flexibility index (Phi) is 8.09. The molecule has 1 fully saturated rings. The molecule has 0 aliphatic heterocycles. The fraction of sp³-hybridized carbons (Fsp3) is 0.276. The second kappa shape index (κ2) is 11.2. The fourth-order valence-corrected chi connectivity index (χ4v) is 6.35. The van der Waals surface area contributed by atoms with E-state index in [1.54, 1.807) is 40.8 Å². The molecule has 0 saturated heterocycles. The fourth-order valence-electron chi connectivity index (χ4n) is 5.03. The van der Waals surface area contributed by atoms with Crippen LogP contribution in [-0.2, 0) is 23.6 Å². The van der Waals surface area contributed by atoms with Gasteiger partial charge >= 0.3 is 5.97 Å². The molecule has 0 bridgehead atoms. The van der Waals surface area contributed by atoms with Crippen LogP contribution in [0.5, 0.6) is 0 Å². The first-order valence-electron chi connectivity index (χ1n) is 12.3. The van der Waals surface area contributed by atoms with Gasteiger partial charge in [-0.2, -0.15) is 9.40 Å². The first-order chi connectivity index (χ1) is 18.7. The molecular weight excluding hydrogens is 542 g/mol. The van der Waals surface area contributed by atoms with Crippen molar-refractivity contribution in [1.29, 1.82) is 0 Å². The number of carbonyl (C=O) groups is 1. The molecule has 2 atom stereocenters. The van der Waals surface area contributed by atoms with Crippen LogP contribution in [0.3, 0.4) is 0 Å². The zero-order valence-electron chi connectivity index (χ0n) is 21.2. The number of aromatic nitrogens is 6. The summed E-state index contributed by atoms with van der Waals surface area (Å²) in [5, 5.41) is 23.2. The summed E-state index contributed by atoms with van der Waals surface area (Å²) in [6.07, 6.45) is 5.52. The number of aryl methyl sites for hydroxylation is 1. The predicted octanol–water partition coefficient (Wildman–Crippen LogP) is 4.61. The van der Waals surface area contributed by atoms with Crippen molar-refractivity contribution in [1.82, 2.24) is 34.1 Å². The van der Waals surface area contributed by atoms with Crippen molar-refractivity contribution in [2.45, 2.75) is 44.6 Å². The minimum atomic E-state index is -3.84. The SMILES string of the molecule is C.C.CN(Cc1cccc(-n2ncc(C(=O)O)c2[C@@H]2C[C@H]2c2cn(C)nn2)c1)S(=O)(=O)c1cccc2cccnc12. The summed E-state index contributed by atoms with van der Waals surface area (Å²) in [5.74, 6) is -1.06. The average Bonchev–Trinajstić information content (AvgIpc) is 3.37. The molecular formula is C29H33N7O4S. The van der Waals surface area contributed by atoms with Crippen molar-refractivity contribution in [2.75, 3.05) is 7.05 Å². The normalized spacial score (nSPS) is 16.3. The Balaban J connectivity index is 0.00000194. The Morgan fingerprint density at radius 1 is 1.10 bits per heavy atom. The third-order valence-corrected chi connectivity index (χ3v) is 8.86. The lowest BCUT2D eigenvalue weighted by Crippen LogP contribution is -2.27. The monoisotopic (exact) mass is 575 g/mol. The number of pyridine rings is 1. The predicted molar refractivity (Wildman–Crippen MR) is 155 cm³/mol. The maximum atomic E-state index is 13.5. The number of hydrogen-bond donors (Lipinski definition) is 1. The van der Waals surface area contributed by atoms with Gasteiger partial charge in [0.2, 0.25) is 10.0 Å². The van der Waals surface area contributed by atoms with E-state index in [-0.39, 0.29) is 43.7 Å². The summed E-state index contributed by atoms with van der Waals surface area (Å²) < 4.78 is 31.5. The molecule has 3 aromatic heterocycles. The van der Waals surface area contributed by atoms with E-state index in [2.05, 4.69) is 20.4 Å². The lowest BCUT2D eigenvalue weighted by molar-refractivity contribution is 0.0695. The van der Waals surface area contributed by atoms with Crippen LogP contribution in [0.25, 0.3) is 16.6 Å². The van der Waals surface area contributed by atoms with Gasteiger partial charge < -0.3 is 5.11 Å². The molecule has 12 heteroatoms. The molecule has 1 aliphatic rings. The summed E-state index contributed by atoms with van der Waals surface area (Å²) in [7, 11) is -0.519. The molecule has 1 aliphatic carbocycles. The summed E-state index contributed by atoms with van der Waals surface area (Å²) in [6.45, 7) is 0.105. The molecule has 41 heavy (non-hydrogen) atoms. The number of nitrogens with zero attached hydrogens (tertiary/aromatic N) is 7. The van der Waals surface area contributed by atoms with E-state index in [9.17, 15) is 18.3 Å². The minimum Gasteiger partial charge on any atom is -0.478 e. The van der Waals surface area contributed by atoms with Gasteiger partial charge in [-0.3, -0.25) is 9.67 Å². The maximum absolute atomic E-state index is 13.5. The third kappa shape index (κ3) is 5.35. The highest BCUT2D eigenvalue weighted by Gasteiger charge is 2.46. The number of hydrogen-bond acceptors (Lipinski definition) is 7. The number of rotatable bonds is 8. The zero-order valence-corrected chi connectivity index (χ0v) is 22.0. The minimum absolute atomic E-state index is 0. The van der Waals surface area contributed by atoms with Gasteiger partial charge in [-0.25, -0.2) is 17.9 Å². The van der Waals surface area contributed by atoms with E-state index in [1.807, 2.05) is 42.6 Å². The number of para-hydroxylation sites is 1. The van der Waals surface area contributed by atoms with Crippen LogP contribution in [0.15, 0.2) is 78.1 Å². The molecule has 11 nitrogen and oxygen atoms in total. The number of fused-ring (bicyclic) bond motifs is 1. The standard InChI is InChI=1S/C27H25N7O4S.2CH4/c1-32-16-23(30-31-32)20-13-21(20)26-22(27(35)36)14-29-34(26)19-9-3-6-17(12-19)15-33(2)39(37,38)24-10-4-7-18-8-5-11-28-25(18)24;;/h3-12,14,16,20-21H,13,15H2,1-2H3,(H,35,36);2*1H4/t20-,21-;;/m1../s1. The molecule has 2 aromatic carbocycles. The molecule has 214 valence electrons. The molecule has 3 heterocycles. The van der Waals surface area contributed by atoms with Crippen LogP contribution in [0.4, 0.5) is 0 Å². The summed E-state index contributed by atoms with van der Waals surface area (Å²) >= 11 is 0. The van der Waals surface area contributed by atoms with Crippen LogP contribution >= 0.6 is 0 Å². The van der Waals surface area contributed by atoms with Gasteiger partial charge in [0.1, 0.15) is 10.5 Å². The molecule has 0 unspecified atom stereocenters. The first kappa shape index (κ1) is 29.6. The summed E-state index contributed by atoms with van der Waals surface area (Å²) in [4.78, 5) is 16.5. The van der Waals surface area contributed by atoms with Crippen LogP contribution in [-0.4, -0.2) is 60.6 Å². The summed E-state index contributed by atoms with van der Waals surface area (Å²) in [6, 6.07) is 16.0. The van der Waals surface area contributed by atoms with E-state index in [0.29, 0.717) is 16.9 Å². The van der Waals surface area contributed by atoms with E-state index >= 15 is 0 Å². The molecule has 5 aromatic rings. The number of carboxylic acids is 1. The number of sulfonamides is 1. The smallest absolute Gasteiger partial charge is 0.339 e. The number of aromatic carboxylic acids is 1. The topological polar surface area (TPSA) is 136 Å². The van der Waals surface area contributed by atoms with Gasteiger partial charge in [0, 0.05) is 50.3 Å². The quantitative estimate of drug-likeness (QED) is 0.283. The second-order valence-corrected chi connectivity index (χ2v) is 11.7. The Hall–Kier alpha value is -4.42. The lowest BCUT2D eigenvalue weighted by atomic mass is 10.1. The molecule has 1 saturated carbocycles. The molecule has 1 N–H and O–H groups in total. The second-order valence-electron chi connectivity index (χ2n) is 9.69. The lowest BCUT2D eigenvalue weighted by Gasteiger charge is -2.19. The highest BCUT2D eigenvalue weighted by Crippen LogP contribution is 2.55. The number of benzene rings is 2. The van der Waals surface area contributed by atoms with Crippen LogP contribution < -0.4 is 0 Å². The highest BCUT2D eigenvalue weighted by atomic mass is 32.2. The van der Waals surface area contributed by atoms with Crippen molar-refractivity contribution in [3.63, 3.8) is 0 Å². The van der Waals surface area contributed by atoms with E-state index < -0.39 is 16.0 Å². The Morgan fingerprint density at radius 2 is 1.85 bits per heavy atom. The molecule has 6 rings (SSSR count). The Labute approximate surface area is 239 Å². The van der Waals surface area contributed by atoms with Crippen molar-refractivity contribution in [2.24, 2.45) is 7.05 Å². The molecule has 0 amide bonds. The van der Waals surface area contributed by atoms with Crippen molar-refractivity contribution in [3.05, 3.63) is 95.7 Å². The van der Waals surface area contributed by atoms with E-state index in [0.717, 1.165) is 23.1 Å². The van der Waals surface area contributed by atoms with Crippen molar-refractivity contribution in [3.8, 4) is 5.69 Å². The van der Waals surface area contributed by atoms with Crippen LogP contribution in [0.1, 0.15) is 60.4 Å². The van der Waals surface area contributed by atoms with Crippen LogP contribution in [0.2, 0.25) is 0 Å². The molecule has 0 radical (unpaired) electrons. The van der Waals surface area contributed by atoms with E-state index in [4.69, 9.17) is 0 Å². The van der Waals surface area contributed by atoms with Crippen LogP contribution in [0, 0.1) is 0 Å². The van der Waals surface area contributed by atoms with E-state index in [1.165, 1.54) is 17.5 Å². The van der Waals surface area contributed by atoms with Crippen molar-refractivity contribution < 1.29 is 18.3 Å². The highest BCUT2D eigenvalue weighted by molar-refractivity contribution is 7.89. The maximum Gasteiger partial charge on any atom is 0.339 e. The molecule has 0 spiro atoms. The van der Waals surface area contributed by atoms with Gasteiger partial charge in [0.25, 0.3) is 0 Å². The Bertz CT molecular complexity index is 1820. The summed E-state index contributed by atoms with van der Waals surface area (Å²) in [5.41, 5.74) is 3.35. The first-order valence-corrected chi connectivity index (χ1v) is 13.7. The van der Waals surface area contributed by atoms with Crippen molar-refractivity contribution >= 4 is 26.9 Å². The van der Waals surface area contributed by atoms with Gasteiger partial charge in [0.15, 0.2) is 0 Å². The average molecular weight is 576 g/mol. The van der Waals surface area contributed by atoms with Gasteiger partial charge in [0.05, 0.1) is 28.8 Å². The zero-order chi connectivity index (χ0) is 27.3. The number of carboxylic acid groups (broad SMARTS) is 1. The largest absolute Gasteiger partial charge is 0.478 e. The Morgan fingerprint density at radius 3 is 2.59 bits per heavy atom. The third-order valence-electron chi connectivity index (χ3n) is 7.02. The van der Waals surface area contributed by atoms with Gasteiger partial charge in [-0.15, -0.1) is 5.10 Å². The van der Waals surface area contributed by atoms with Gasteiger partial charge in [-0.1, -0.05) is 50.4 Å². The van der Waals surface area contributed by atoms with Gasteiger partial charge in [-0.05, 0) is 36.2 Å².